The van der Waals surface area contributed by atoms with E-state index in [4.69, 9.17) is 21.4 Å². The van der Waals surface area contributed by atoms with Crippen LogP contribution in [0.25, 0.3) is 0 Å². The third kappa shape index (κ3) is 5.78. The van der Waals surface area contributed by atoms with Crippen molar-refractivity contribution in [3.63, 3.8) is 0 Å². The van der Waals surface area contributed by atoms with Crippen LogP contribution in [0.1, 0.15) is 34.9 Å². The van der Waals surface area contributed by atoms with Crippen LogP contribution >= 0.6 is 11.3 Å². The van der Waals surface area contributed by atoms with Crippen molar-refractivity contribution >= 4 is 34.8 Å². The molecular formula is C19H25N5O3S. The zero-order valence-electron chi connectivity index (χ0n) is 15.7. The van der Waals surface area contributed by atoms with Gasteiger partial charge in [0.2, 0.25) is 11.0 Å². The number of benzene rings is 1. The van der Waals surface area contributed by atoms with E-state index in [1.165, 1.54) is 16.9 Å². The van der Waals surface area contributed by atoms with Gasteiger partial charge in [0.1, 0.15) is 0 Å². The van der Waals surface area contributed by atoms with Gasteiger partial charge < -0.3 is 21.5 Å². The number of carboxylic acid groups (broad SMARTS) is 1. The summed E-state index contributed by atoms with van der Waals surface area (Å²) in [5.74, 6) is -0.0730. The Kier molecular flexibility index (Phi) is 7.94. The molecule has 1 aromatic carbocycles. The molecule has 0 bridgehead atoms. The molecule has 1 aliphatic rings. The average Bonchev–Trinajstić information content (AvgIpc) is 3.08. The van der Waals surface area contributed by atoms with E-state index >= 15 is 0 Å². The van der Waals surface area contributed by atoms with Gasteiger partial charge in [0.25, 0.3) is 6.47 Å². The fourth-order valence-corrected chi connectivity index (χ4v) is 4.18. The van der Waals surface area contributed by atoms with Crippen molar-refractivity contribution in [2.75, 3.05) is 13.6 Å². The number of nitrogens with zero attached hydrogens (tertiary/aromatic N) is 3. The van der Waals surface area contributed by atoms with Crippen LogP contribution in [0.2, 0.25) is 0 Å². The Morgan fingerprint density at radius 1 is 1.39 bits per heavy atom. The summed E-state index contributed by atoms with van der Waals surface area (Å²) in [6.45, 7) is 0.444. The van der Waals surface area contributed by atoms with Crippen LogP contribution in [-0.4, -0.2) is 46.9 Å². The van der Waals surface area contributed by atoms with Crippen molar-refractivity contribution < 1.29 is 14.7 Å². The normalized spacial score (nSPS) is 14.8. The number of hydrogen-bond donors (Lipinski definition) is 3. The highest BCUT2D eigenvalue weighted by atomic mass is 32.1. The van der Waals surface area contributed by atoms with Gasteiger partial charge in [0.05, 0.1) is 11.6 Å². The first-order valence-corrected chi connectivity index (χ1v) is 9.73. The van der Waals surface area contributed by atoms with Crippen LogP contribution in [0.4, 0.5) is 5.13 Å². The molecule has 8 nitrogen and oxygen atoms in total. The highest BCUT2D eigenvalue weighted by Gasteiger charge is 2.32. The SMILES string of the molecule is CN(CCc1ccccc1)C(=O)C1CCCc2sc(N=C(N)N)nc21.O=CO. The molecule has 28 heavy (non-hydrogen) atoms. The maximum atomic E-state index is 12.9. The third-order valence-corrected chi connectivity index (χ3v) is 5.45. The van der Waals surface area contributed by atoms with Crippen LogP contribution in [0, 0.1) is 0 Å². The van der Waals surface area contributed by atoms with Crippen LogP contribution < -0.4 is 11.5 Å². The van der Waals surface area contributed by atoms with Gasteiger partial charge in [0, 0.05) is 18.5 Å². The Morgan fingerprint density at radius 3 is 2.71 bits per heavy atom. The van der Waals surface area contributed by atoms with Crippen LogP contribution in [0.3, 0.4) is 0 Å². The zero-order chi connectivity index (χ0) is 20.5. The third-order valence-electron chi connectivity index (χ3n) is 4.42. The molecule has 0 aliphatic heterocycles. The fraction of sp³-hybridized carbons (Fsp3) is 0.368. The van der Waals surface area contributed by atoms with Crippen molar-refractivity contribution in [3.05, 3.63) is 46.5 Å². The van der Waals surface area contributed by atoms with E-state index in [1.54, 1.807) is 0 Å². The lowest BCUT2D eigenvalue weighted by atomic mass is 9.90. The maximum Gasteiger partial charge on any atom is 0.290 e. The first-order valence-electron chi connectivity index (χ1n) is 8.92. The number of rotatable bonds is 5. The van der Waals surface area contributed by atoms with Gasteiger partial charge in [-0.25, -0.2) is 4.98 Å². The number of aliphatic imine (C=N–C) groups is 1. The van der Waals surface area contributed by atoms with Gasteiger partial charge in [-0.15, -0.1) is 0 Å². The number of aryl methyl sites for hydroxylation is 1. The average molecular weight is 404 g/mol. The summed E-state index contributed by atoms with van der Waals surface area (Å²) in [6.07, 6.45) is 3.59. The summed E-state index contributed by atoms with van der Waals surface area (Å²) >= 11 is 1.48. The molecule has 1 aliphatic carbocycles. The van der Waals surface area contributed by atoms with Gasteiger partial charge in [-0.2, -0.15) is 4.99 Å². The van der Waals surface area contributed by atoms with E-state index in [1.807, 2.05) is 30.1 Å². The van der Waals surface area contributed by atoms with E-state index in [2.05, 4.69) is 22.1 Å². The lowest BCUT2D eigenvalue weighted by Crippen LogP contribution is -2.34. The molecule has 0 saturated carbocycles. The molecule has 0 spiro atoms. The van der Waals surface area contributed by atoms with Crippen molar-refractivity contribution in [1.82, 2.24) is 9.88 Å². The van der Waals surface area contributed by atoms with Gasteiger partial charge >= 0.3 is 0 Å². The summed E-state index contributed by atoms with van der Waals surface area (Å²) in [4.78, 5) is 32.8. The second kappa shape index (κ2) is 10.4. The summed E-state index contributed by atoms with van der Waals surface area (Å²) in [5, 5.41) is 7.43. The molecule has 0 radical (unpaired) electrons. The van der Waals surface area contributed by atoms with Gasteiger partial charge in [-0.05, 0) is 31.2 Å². The van der Waals surface area contributed by atoms with Gasteiger partial charge in [-0.3, -0.25) is 9.59 Å². The Labute approximate surface area is 167 Å². The number of thiazole rings is 1. The lowest BCUT2D eigenvalue weighted by molar-refractivity contribution is -0.132. The highest BCUT2D eigenvalue weighted by Crippen LogP contribution is 2.38. The van der Waals surface area contributed by atoms with Crippen molar-refractivity contribution in [2.24, 2.45) is 16.5 Å². The molecule has 1 aromatic heterocycles. The summed E-state index contributed by atoms with van der Waals surface area (Å²) in [7, 11) is 1.86. The molecular weight excluding hydrogens is 378 g/mol. The smallest absolute Gasteiger partial charge is 0.290 e. The van der Waals surface area contributed by atoms with E-state index in [0.29, 0.717) is 11.7 Å². The Bertz CT molecular complexity index is 818. The second-order valence-corrected chi connectivity index (χ2v) is 7.45. The minimum atomic E-state index is -0.250. The molecule has 0 saturated heterocycles. The number of guanidine groups is 1. The predicted octanol–water partition coefficient (Wildman–Crippen LogP) is 1.87. The topological polar surface area (TPSA) is 135 Å². The number of carbonyl (C=O) groups is 2. The molecule has 1 amide bonds. The first kappa shape index (κ1) is 21.4. The number of fused-ring (bicyclic) bond motifs is 1. The number of aromatic nitrogens is 1. The molecule has 150 valence electrons. The van der Waals surface area contributed by atoms with Crippen molar-refractivity contribution in [1.29, 1.82) is 0 Å². The molecule has 1 unspecified atom stereocenters. The van der Waals surface area contributed by atoms with E-state index in [0.717, 1.165) is 36.3 Å². The van der Waals surface area contributed by atoms with Crippen LogP contribution in [0.5, 0.6) is 0 Å². The molecule has 5 N–H and O–H groups in total. The first-order chi connectivity index (χ1) is 13.5. The molecule has 9 heteroatoms. The largest absolute Gasteiger partial charge is 0.483 e. The molecule has 3 rings (SSSR count). The zero-order valence-corrected chi connectivity index (χ0v) is 16.6. The van der Waals surface area contributed by atoms with Crippen LogP contribution in [0.15, 0.2) is 35.3 Å². The van der Waals surface area contributed by atoms with Crippen molar-refractivity contribution in [3.8, 4) is 0 Å². The summed E-state index contributed by atoms with van der Waals surface area (Å²) in [5.41, 5.74) is 13.0. The monoisotopic (exact) mass is 403 g/mol. The van der Waals surface area contributed by atoms with Crippen molar-refractivity contribution in [2.45, 2.75) is 31.6 Å². The molecule has 1 atom stereocenters. The maximum absolute atomic E-state index is 12.9. The number of hydrogen-bond acceptors (Lipinski definition) is 5. The quantitative estimate of drug-likeness (QED) is 0.396. The van der Waals surface area contributed by atoms with Crippen LogP contribution in [-0.2, 0) is 22.4 Å². The lowest BCUT2D eigenvalue weighted by Gasteiger charge is -2.26. The minimum absolute atomic E-state index is 0.00560. The number of amides is 1. The Hall–Kier alpha value is -2.94. The predicted molar refractivity (Wildman–Crippen MR) is 110 cm³/mol. The Morgan fingerprint density at radius 2 is 2.07 bits per heavy atom. The van der Waals surface area contributed by atoms with E-state index < -0.39 is 0 Å². The Balaban J connectivity index is 0.000000878. The summed E-state index contributed by atoms with van der Waals surface area (Å²) < 4.78 is 0. The minimum Gasteiger partial charge on any atom is -0.483 e. The van der Waals surface area contributed by atoms with E-state index in [-0.39, 0.29) is 24.3 Å². The summed E-state index contributed by atoms with van der Waals surface area (Å²) in [6, 6.07) is 10.2. The molecule has 2 aromatic rings. The van der Waals surface area contributed by atoms with E-state index in [9.17, 15) is 4.79 Å². The number of carbonyl (C=O) groups excluding carboxylic acids is 1. The van der Waals surface area contributed by atoms with Gasteiger partial charge in [0.15, 0.2) is 5.96 Å². The number of nitrogens with two attached hydrogens (primary N) is 2. The fourth-order valence-electron chi connectivity index (χ4n) is 3.12. The van der Waals surface area contributed by atoms with Gasteiger partial charge in [-0.1, -0.05) is 41.7 Å². The molecule has 1 heterocycles. The molecule has 0 fully saturated rings. The second-order valence-electron chi connectivity index (χ2n) is 6.39. The number of likely N-dealkylation sites (N-methyl/N-ethyl adjacent to an activating group) is 1. The highest BCUT2D eigenvalue weighted by molar-refractivity contribution is 7.15. The standard InChI is InChI=1S/C18H23N5OS.CH2O2/c1-23(11-10-12-6-3-2-4-7-12)16(24)13-8-5-9-14-15(13)21-18(25-14)22-17(19)20;2-1-3/h2-4,6-7,13H,5,8-11H2,1H3,(H4,19,20,21,22);1H,(H,2,3).